The van der Waals surface area contributed by atoms with Gasteiger partial charge in [-0.25, -0.2) is 9.78 Å². The third-order valence-electron chi connectivity index (χ3n) is 3.81. The molecule has 126 valence electrons. The molecule has 3 rings (SSSR count). The topological polar surface area (TPSA) is 105 Å². The van der Waals surface area contributed by atoms with Gasteiger partial charge in [0.25, 0.3) is 5.91 Å². The molecule has 0 saturated heterocycles. The molecule has 24 heavy (non-hydrogen) atoms. The lowest BCUT2D eigenvalue weighted by Gasteiger charge is -2.19. The number of aromatic carboxylic acids is 1. The number of carboxylic acids is 1. The second-order valence-electron chi connectivity index (χ2n) is 5.71. The Balaban J connectivity index is 2.05. The fraction of sp³-hybridized carbons (Fsp3) is 0.400. The molecule has 8 nitrogen and oxygen atoms in total. The fourth-order valence-corrected chi connectivity index (χ4v) is 3.55. The van der Waals surface area contributed by atoms with Crippen LogP contribution in [0.1, 0.15) is 56.0 Å². The number of aromatic nitrogens is 3. The highest BCUT2D eigenvalue weighted by molar-refractivity contribution is 7.17. The summed E-state index contributed by atoms with van der Waals surface area (Å²) >= 11 is 1.16. The normalized spacial score (nSPS) is 13.8. The molecular weight excluding hydrogens is 332 g/mol. The van der Waals surface area contributed by atoms with Crippen molar-refractivity contribution in [2.75, 3.05) is 4.90 Å². The number of carboxylic acid groups (broad SMARTS) is 1. The van der Waals surface area contributed by atoms with E-state index in [1.165, 1.54) is 23.6 Å². The lowest BCUT2D eigenvalue weighted by atomic mass is 10.2. The van der Waals surface area contributed by atoms with Gasteiger partial charge in [0.15, 0.2) is 10.9 Å². The van der Waals surface area contributed by atoms with Crippen molar-refractivity contribution >= 4 is 34.1 Å². The van der Waals surface area contributed by atoms with Crippen LogP contribution in [0.15, 0.2) is 6.20 Å². The van der Waals surface area contributed by atoms with Gasteiger partial charge in [0.2, 0.25) is 0 Å². The van der Waals surface area contributed by atoms with E-state index in [0.717, 1.165) is 30.4 Å². The summed E-state index contributed by atoms with van der Waals surface area (Å²) in [6.45, 7) is 3.18. The highest BCUT2D eigenvalue weighted by Crippen LogP contribution is 2.37. The van der Waals surface area contributed by atoms with Gasteiger partial charge in [-0.1, -0.05) is 11.3 Å². The summed E-state index contributed by atoms with van der Waals surface area (Å²) in [5, 5.41) is 13.6. The van der Waals surface area contributed by atoms with Crippen LogP contribution in [0.3, 0.4) is 0 Å². The first-order valence-corrected chi connectivity index (χ1v) is 8.20. The summed E-state index contributed by atoms with van der Waals surface area (Å²) < 4.78 is 1.26. The number of Topliss-reactive ketones (excluding diaryl/α,β-unsaturated/α-hetero) is 1. The fourth-order valence-electron chi connectivity index (χ4n) is 2.52. The number of hydrogen-bond acceptors (Lipinski definition) is 6. The number of amides is 1. The molecule has 0 bridgehead atoms. The molecule has 1 fully saturated rings. The number of carbonyl (C=O) groups excluding carboxylic acids is 2. The molecule has 2 aromatic heterocycles. The number of ketones is 1. The van der Waals surface area contributed by atoms with Crippen LogP contribution in [-0.2, 0) is 7.05 Å². The number of carbonyl (C=O) groups is 3. The summed E-state index contributed by atoms with van der Waals surface area (Å²) in [4.78, 5) is 42.4. The van der Waals surface area contributed by atoms with Gasteiger partial charge in [0.05, 0.1) is 16.8 Å². The molecule has 1 aliphatic carbocycles. The zero-order chi connectivity index (χ0) is 17.6. The lowest BCUT2D eigenvalue weighted by molar-refractivity contribution is 0.0691. The summed E-state index contributed by atoms with van der Waals surface area (Å²) in [6, 6.07) is -0.0283. The molecule has 9 heteroatoms. The Hall–Kier alpha value is -2.55. The summed E-state index contributed by atoms with van der Waals surface area (Å²) in [5.74, 6) is -1.77. The van der Waals surface area contributed by atoms with Gasteiger partial charge in [-0.2, -0.15) is 5.10 Å². The van der Waals surface area contributed by atoms with E-state index in [-0.39, 0.29) is 23.1 Å². The van der Waals surface area contributed by atoms with Crippen molar-refractivity contribution in [1.29, 1.82) is 0 Å². The van der Waals surface area contributed by atoms with Gasteiger partial charge < -0.3 is 5.11 Å². The minimum atomic E-state index is -1.21. The van der Waals surface area contributed by atoms with Crippen LogP contribution in [0, 0.1) is 6.92 Å². The molecule has 1 amide bonds. The second-order valence-corrected chi connectivity index (χ2v) is 6.69. The van der Waals surface area contributed by atoms with E-state index in [0.29, 0.717) is 15.7 Å². The standard InChI is InChI=1S/C15H16N4O4S/c1-7-12(8(2)20)24-15(17-7)19(9-4-5-9)13(21)11-10(14(22)23)6-16-18(11)3/h6,9H,4-5H2,1-3H3,(H,22,23). The van der Waals surface area contributed by atoms with Gasteiger partial charge >= 0.3 is 5.97 Å². The van der Waals surface area contributed by atoms with Crippen LogP contribution in [0.4, 0.5) is 5.13 Å². The van der Waals surface area contributed by atoms with Gasteiger partial charge in [0, 0.05) is 20.0 Å². The molecule has 1 aliphatic rings. The summed E-state index contributed by atoms with van der Waals surface area (Å²) in [7, 11) is 1.53. The molecule has 2 aromatic rings. The Kier molecular flexibility index (Phi) is 3.96. The van der Waals surface area contributed by atoms with E-state index in [2.05, 4.69) is 10.1 Å². The predicted octanol–water partition coefficient (Wildman–Crippen LogP) is 1.90. The van der Waals surface area contributed by atoms with Crippen molar-refractivity contribution in [2.24, 2.45) is 7.05 Å². The number of rotatable bonds is 5. The van der Waals surface area contributed by atoms with Crippen LogP contribution < -0.4 is 4.90 Å². The average molecular weight is 348 g/mol. The van der Waals surface area contributed by atoms with Crippen molar-refractivity contribution in [3.8, 4) is 0 Å². The first-order valence-electron chi connectivity index (χ1n) is 7.38. The number of hydrogen-bond donors (Lipinski definition) is 1. The number of anilines is 1. The Morgan fingerprint density at radius 3 is 2.54 bits per heavy atom. The van der Waals surface area contributed by atoms with Crippen LogP contribution in [0.25, 0.3) is 0 Å². The quantitative estimate of drug-likeness (QED) is 0.827. The zero-order valence-electron chi connectivity index (χ0n) is 13.4. The monoisotopic (exact) mass is 348 g/mol. The Bertz CT molecular complexity index is 850. The average Bonchev–Trinajstić information content (AvgIpc) is 3.12. The number of nitrogens with zero attached hydrogens (tertiary/aromatic N) is 4. The Morgan fingerprint density at radius 1 is 1.38 bits per heavy atom. The maximum absolute atomic E-state index is 13.0. The van der Waals surface area contributed by atoms with Gasteiger partial charge in [-0.3, -0.25) is 19.2 Å². The second kappa shape index (κ2) is 5.82. The molecule has 1 N–H and O–H groups in total. The maximum atomic E-state index is 13.0. The number of thiazole rings is 1. The van der Waals surface area contributed by atoms with Crippen LogP contribution in [0.2, 0.25) is 0 Å². The predicted molar refractivity (Wildman–Crippen MR) is 86.9 cm³/mol. The SMILES string of the molecule is CC(=O)c1sc(N(C(=O)c2c(C(=O)O)cnn2C)C2CC2)nc1C. The van der Waals surface area contributed by atoms with Crippen LogP contribution in [-0.4, -0.2) is 43.6 Å². The highest BCUT2D eigenvalue weighted by atomic mass is 32.1. The first kappa shape index (κ1) is 16.3. The number of aryl methyl sites for hydroxylation is 2. The molecular formula is C15H16N4O4S. The largest absolute Gasteiger partial charge is 0.478 e. The van der Waals surface area contributed by atoms with E-state index in [1.54, 1.807) is 6.92 Å². The van der Waals surface area contributed by atoms with Crippen molar-refractivity contribution < 1.29 is 19.5 Å². The van der Waals surface area contributed by atoms with E-state index in [1.807, 2.05) is 0 Å². The van der Waals surface area contributed by atoms with Crippen molar-refractivity contribution in [3.63, 3.8) is 0 Å². The maximum Gasteiger partial charge on any atom is 0.339 e. The van der Waals surface area contributed by atoms with Crippen LogP contribution >= 0.6 is 11.3 Å². The Labute approximate surface area is 141 Å². The molecule has 0 spiro atoms. The van der Waals surface area contributed by atoms with Gasteiger partial charge in [-0.05, 0) is 19.8 Å². The van der Waals surface area contributed by atoms with Crippen molar-refractivity contribution in [2.45, 2.75) is 32.7 Å². The lowest BCUT2D eigenvalue weighted by Crippen LogP contribution is -2.35. The first-order chi connectivity index (χ1) is 11.3. The smallest absolute Gasteiger partial charge is 0.339 e. The molecule has 0 unspecified atom stereocenters. The van der Waals surface area contributed by atoms with Crippen molar-refractivity contribution in [1.82, 2.24) is 14.8 Å². The molecule has 0 aromatic carbocycles. The summed E-state index contributed by atoms with van der Waals surface area (Å²) in [5.41, 5.74) is 0.435. The zero-order valence-corrected chi connectivity index (χ0v) is 14.3. The third-order valence-corrected chi connectivity index (χ3v) is 5.07. The van der Waals surface area contributed by atoms with Crippen molar-refractivity contribution in [3.05, 3.63) is 28.0 Å². The van der Waals surface area contributed by atoms with E-state index < -0.39 is 11.9 Å². The van der Waals surface area contributed by atoms with E-state index in [9.17, 15) is 19.5 Å². The molecule has 0 aliphatic heterocycles. The molecule has 2 heterocycles. The van der Waals surface area contributed by atoms with Gasteiger partial charge in [-0.15, -0.1) is 0 Å². The summed E-state index contributed by atoms with van der Waals surface area (Å²) in [6.07, 6.45) is 2.80. The molecule has 1 saturated carbocycles. The third kappa shape index (κ3) is 2.71. The Morgan fingerprint density at radius 2 is 2.04 bits per heavy atom. The molecule has 0 radical (unpaired) electrons. The van der Waals surface area contributed by atoms with Gasteiger partial charge in [0.1, 0.15) is 11.3 Å². The van der Waals surface area contributed by atoms with E-state index in [4.69, 9.17) is 0 Å². The highest BCUT2D eigenvalue weighted by Gasteiger charge is 2.39. The molecule has 0 atom stereocenters. The van der Waals surface area contributed by atoms with E-state index >= 15 is 0 Å². The minimum Gasteiger partial charge on any atom is -0.478 e. The minimum absolute atomic E-state index is 0.00614. The van der Waals surface area contributed by atoms with Crippen LogP contribution in [0.5, 0.6) is 0 Å².